The number of halogens is 3. The molecule has 6 heteroatoms. The van der Waals surface area contributed by atoms with E-state index in [1.54, 1.807) is 12.1 Å². The lowest BCUT2D eigenvalue weighted by Gasteiger charge is -2.17. The maximum absolute atomic E-state index is 12.6. The summed E-state index contributed by atoms with van der Waals surface area (Å²) in [5.74, 6) is 0.401. The van der Waals surface area contributed by atoms with Crippen LogP contribution >= 0.6 is 0 Å². The molecular formula is C16H15F3N2O. The number of aromatic nitrogens is 1. The van der Waals surface area contributed by atoms with Crippen molar-refractivity contribution in [2.75, 3.05) is 18.0 Å². The first-order valence-corrected chi connectivity index (χ1v) is 7.09. The van der Waals surface area contributed by atoms with Gasteiger partial charge in [-0.1, -0.05) is 6.07 Å². The van der Waals surface area contributed by atoms with Crippen LogP contribution in [0, 0.1) is 0 Å². The van der Waals surface area contributed by atoms with Crippen molar-refractivity contribution < 1.29 is 17.9 Å². The molecule has 22 heavy (non-hydrogen) atoms. The Kier molecular flexibility index (Phi) is 3.92. The molecule has 116 valence electrons. The van der Waals surface area contributed by atoms with Crippen LogP contribution in [0.3, 0.4) is 0 Å². The Balaban J connectivity index is 1.73. The number of alkyl halides is 3. The molecule has 1 aromatic heterocycles. The number of hydrogen-bond donors (Lipinski definition) is 0. The Morgan fingerprint density at radius 3 is 2.27 bits per heavy atom. The van der Waals surface area contributed by atoms with Crippen molar-refractivity contribution in [2.24, 2.45) is 0 Å². The van der Waals surface area contributed by atoms with Gasteiger partial charge in [-0.2, -0.15) is 13.2 Å². The van der Waals surface area contributed by atoms with Crippen LogP contribution in [-0.4, -0.2) is 18.1 Å². The molecule has 1 aliphatic heterocycles. The molecule has 0 bridgehead atoms. The summed E-state index contributed by atoms with van der Waals surface area (Å²) < 4.78 is 43.2. The third kappa shape index (κ3) is 3.32. The third-order valence-electron chi connectivity index (χ3n) is 3.54. The number of anilines is 1. The maximum atomic E-state index is 12.6. The molecule has 3 rings (SSSR count). The average Bonchev–Trinajstić information content (AvgIpc) is 3.02. The van der Waals surface area contributed by atoms with E-state index in [4.69, 9.17) is 4.74 Å². The summed E-state index contributed by atoms with van der Waals surface area (Å²) in [5.41, 5.74) is 0.139. The van der Waals surface area contributed by atoms with Crippen LogP contribution in [0.1, 0.15) is 18.5 Å². The largest absolute Gasteiger partial charge is 0.439 e. The average molecular weight is 308 g/mol. The van der Waals surface area contributed by atoms with Gasteiger partial charge in [-0.3, -0.25) is 0 Å². The molecule has 0 unspecified atom stereocenters. The summed E-state index contributed by atoms with van der Waals surface area (Å²) in [5, 5.41) is 0. The minimum Gasteiger partial charge on any atom is -0.439 e. The molecule has 2 heterocycles. The lowest BCUT2D eigenvalue weighted by atomic mass is 10.3. The molecule has 0 spiro atoms. The molecule has 1 aromatic carbocycles. The SMILES string of the molecule is FC(F)(F)c1cccc(Oc2ccc(N3CCCC3)cc2)n1. The van der Waals surface area contributed by atoms with Gasteiger partial charge in [-0.15, -0.1) is 0 Å². The van der Waals surface area contributed by atoms with Crippen molar-refractivity contribution in [1.29, 1.82) is 0 Å². The van der Waals surface area contributed by atoms with Gasteiger partial charge in [0.2, 0.25) is 5.88 Å². The highest BCUT2D eigenvalue weighted by molar-refractivity contribution is 5.50. The fourth-order valence-electron chi connectivity index (χ4n) is 2.45. The number of rotatable bonds is 3. The summed E-state index contributed by atoms with van der Waals surface area (Å²) in [6, 6.07) is 10.9. The summed E-state index contributed by atoms with van der Waals surface area (Å²) in [4.78, 5) is 5.75. The van der Waals surface area contributed by atoms with Crippen molar-refractivity contribution in [3.63, 3.8) is 0 Å². The van der Waals surface area contributed by atoms with Gasteiger partial charge in [0, 0.05) is 24.8 Å². The van der Waals surface area contributed by atoms with Gasteiger partial charge in [0.15, 0.2) is 0 Å². The molecule has 0 radical (unpaired) electrons. The predicted octanol–water partition coefficient (Wildman–Crippen LogP) is 4.49. The van der Waals surface area contributed by atoms with Crippen LogP contribution < -0.4 is 9.64 Å². The Morgan fingerprint density at radius 2 is 1.64 bits per heavy atom. The number of hydrogen-bond acceptors (Lipinski definition) is 3. The summed E-state index contributed by atoms with van der Waals surface area (Å²) >= 11 is 0. The van der Waals surface area contributed by atoms with Crippen molar-refractivity contribution in [1.82, 2.24) is 4.98 Å². The highest BCUT2D eigenvalue weighted by Gasteiger charge is 2.32. The molecule has 1 aliphatic rings. The summed E-state index contributed by atoms with van der Waals surface area (Å²) in [6.45, 7) is 2.07. The van der Waals surface area contributed by atoms with Crippen LogP contribution in [0.25, 0.3) is 0 Å². The van der Waals surface area contributed by atoms with E-state index in [9.17, 15) is 13.2 Å². The molecule has 1 saturated heterocycles. The van der Waals surface area contributed by atoms with Gasteiger partial charge in [0.05, 0.1) is 0 Å². The molecule has 0 aliphatic carbocycles. The highest BCUT2D eigenvalue weighted by Crippen LogP contribution is 2.30. The number of benzene rings is 1. The molecule has 3 nitrogen and oxygen atoms in total. The highest BCUT2D eigenvalue weighted by atomic mass is 19.4. The molecule has 0 atom stereocenters. The fraction of sp³-hybridized carbons (Fsp3) is 0.312. The first-order chi connectivity index (χ1) is 10.5. The quantitative estimate of drug-likeness (QED) is 0.835. The molecule has 0 N–H and O–H groups in total. The van der Waals surface area contributed by atoms with Crippen molar-refractivity contribution in [3.05, 3.63) is 48.2 Å². The summed E-state index contributed by atoms with van der Waals surface area (Å²) in [6.07, 6.45) is -2.10. The van der Waals surface area contributed by atoms with Crippen molar-refractivity contribution >= 4 is 5.69 Å². The number of pyridine rings is 1. The van der Waals surface area contributed by atoms with Crippen molar-refractivity contribution in [2.45, 2.75) is 19.0 Å². The number of nitrogens with zero attached hydrogens (tertiary/aromatic N) is 2. The molecule has 0 amide bonds. The smallest absolute Gasteiger partial charge is 0.433 e. The Morgan fingerprint density at radius 1 is 0.955 bits per heavy atom. The van der Waals surface area contributed by atoms with Gasteiger partial charge in [-0.05, 0) is 43.2 Å². The van der Waals surface area contributed by atoms with Gasteiger partial charge in [0.25, 0.3) is 0 Å². The van der Waals surface area contributed by atoms with E-state index in [2.05, 4.69) is 9.88 Å². The van der Waals surface area contributed by atoms with E-state index in [-0.39, 0.29) is 5.88 Å². The lowest BCUT2D eigenvalue weighted by Crippen LogP contribution is -2.17. The fourth-order valence-corrected chi connectivity index (χ4v) is 2.45. The minimum absolute atomic E-state index is 0.0660. The zero-order valence-electron chi connectivity index (χ0n) is 11.8. The lowest BCUT2D eigenvalue weighted by molar-refractivity contribution is -0.141. The topological polar surface area (TPSA) is 25.4 Å². The van der Waals surface area contributed by atoms with E-state index < -0.39 is 11.9 Å². The second-order valence-electron chi connectivity index (χ2n) is 5.15. The molecular weight excluding hydrogens is 293 g/mol. The van der Waals surface area contributed by atoms with E-state index in [0.29, 0.717) is 5.75 Å². The predicted molar refractivity (Wildman–Crippen MR) is 77.2 cm³/mol. The zero-order valence-corrected chi connectivity index (χ0v) is 11.8. The van der Waals surface area contributed by atoms with Gasteiger partial charge in [0.1, 0.15) is 11.4 Å². The van der Waals surface area contributed by atoms with Crippen molar-refractivity contribution in [3.8, 4) is 11.6 Å². The molecule has 0 saturated carbocycles. The van der Waals surface area contributed by atoms with E-state index in [0.717, 1.165) is 24.8 Å². The van der Waals surface area contributed by atoms with Crippen LogP contribution in [0.4, 0.5) is 18.9 Å². The Bertz CT molecular complexity index is 635. The first kappa shape index (κ1) is 14.7. The second kappa shape index (κ2) is 5.87. The first-order valence-electron chi connectivity index (χ1n) is 7.09. The Labute approximate surface area is 126 Å². The van der Waals surface area contributed by atoms with E-state index in [1.807, 2.05) is 12.1 Å². The minimum atomic E-state index is -4.47. The monoisotopic (exact) mass is 308 g/mol. The van der Waals surface area contributed by atoms with E-state index in [1.165, 1.54) is 25.0 Å². The van der Waals surface area contributed by atoms with Gasteiger partial charge in [-0.25, -0.2) is 4.98 Å². The standard InChI is InChI=1S/C16H15F3N2O/c17-16(18,19)14-4-3-5-15(20-14)22-13-8-6-12(7-9-13)21-10-1-2-11-21/h3-9H,1-2,10-11H2. The van der Waals surface area contributed by atoms with Crippen LogP contribution in [0.5, 0.6) is 11.6 Å². The van der Waals surface area contributed by atoms with Crippen LogP contribution in [-0.2, 0) is 6.18 Å². The van der Waals surface area contributed by atoms with Gasteiger partial charge < -0.3 is 9.64 Å². The van der Waals surface area contributed by atoms with Gasteiger partial charge >= 0.3 is 6.18 Å². The Hall–Kier alpha value is -2.24. The zero-order chi connectivity index (χ0) is 15.6. The van der Waals surface area contributed by atoms with E-state index >= 15 is 0 Å². The summed E-state index contributed by atoms with van der Waals surface area (Å²) in [7, 11) is 0. The molecule has 2 aromatic rings. The normalized spacial score (nSPS) is 15.1. The number of ether oxygens (including phenoxy) is 1. The third-order valence-corrected chi connectivity index (χ3v) is 3.54. The van der Waals surface area contributed by atoms with Crippen LogP contribution in [0.2, 0.25) is 0 Å². The molecule has 1 fully saturated rings. The maximum Gasteiger partial charge on any atom is 0.433 e. The van der Waals surface area contributed by atoms with Crippen LogP contribution in [0.15, 0.2) is 42.5 Å². The second-order valence-corrected chi connectivity index (χ2v) is 5.15.